The molecule has 1 aliphatic rings. The molecule has 0 bridgehead atoms. The van der Waals surface area contributed by atoms with E-state index >= 15 is 0 Å². The third-order valence-corrected chi connectivity index (χ3v) is 6.05. The highest BCUT2D eigenvalue weighted by Crippen LogP contribution is 2.23. The molecule has 0 radical (unpaired) electrons. The third kappa shape index (κ3) is 3.19. The maximum absolute atomic E-state index is 12.4. The van der Waals surface area contributed by atoms with Crippen molar-refractivity contribution in [1.82, 2.24) is 19.4 Å². The van der Waals surface area contributed by atoms with Gasteiger partial charge in [-0.25, -0.2) is 4.98 Å². The van der Waals surface area contributed by atoms with Crippen molar-refractivity contribution in [2.45, 2.75) is 13.5 Å². The Morgan fingerprint density at radius 2 is 1.76 bits per heavy atom. The van der Waals surface area contributed by atoms with Crippen molar-refractivity contribution in [2.75, 3.05) is 31.1 Å². The summed E-state index contributed by atoms with van der Waals surface area (Å²) in [7, 11) is 2.07. The molecule has 1 N–H and O–H groups in total. The summed E-state index contributed by atoms with van der Waals surface area (Å²) < 4.78 is 2.15. The van der Waals surface area contributed by atoms with Crippen molar-refractivity contribution in [3.63, 3.8) is 0 Å². The van der Waals surface area contributed by atoms with Crippen LogP contribution in [0.3, 0.4) is 0 Å². The van der Waals surface area contributed by atoms with E-state index in [0.29, 0.717) is 0 Å². The van der Waals surface area contributed by atoms with E-state index in [-0.39, 0.29) is 5.56 Å². The second kappa shape index (κ2) is 7.04. The van der Waals surface area contributed by atoms with Crippen LogP contribution in [-0.4, -0.2) is 45.6 Å². The Hall–Kier alpha value is -3.12. The first-order chi connectivity index (χ1) is 14.1. The number of aryl methyl sites for hydroxylation is 1. The van der Waals surface area contributed by atoms with Gasteiger partial charge in [0, 0.05) is 61.8 Å². The Morgan fingerprint density at radius 3 is 2.48 bits per heavy atom. The monoisotopic (exact) mass is 387 g/mol. The molecule has 3 heterocycles. The fraction of sp³-hybridized carbons (Fsp3) is 0.304. The lowest BCUT2D eigenvalue weighted by atomic mass is 10.0. The van der Waals surface area contributed by atoms with Gasteiger partial charge >= 0.3 is 0 Å². The summed E-state index contributed by atoms with van der Waals surface area (Å²) in [5.41, 5.74) is 3.29. The summed E-state index contributed by atoms with van der Waals surface area (Å²) in [5, 5.41) is 2.85. The number of anilines is 1. The molecule has 0 atom stereocenters. The molecule has 5 rings (SSSR count). The van der Waals surface area contributed by atoms with Crippen molar-refractivity contribution in [2.24, 2.45) is 7.05 Å². The van der Waals surface area contributed by atoms with Gasteiger partial charge in [0.2, 0.25) is 5.95 Å². The van der Waals surface area contributed by atoms with Crippen LogP contribution in [0.4, 0.5) is 5.95 Å². The smallest absolute Gasteiger partial charge is 0.256 e. The van der Waals surface area contributed by atoms with Gasteiger partial charge in [-0.3, -0.25) is 9.69 Å². The van der Waals surface area contributed by atoms with Crippen LogP contribution in [0.2, 0.25) is 0 Å². The minimum absolute atomic E-state index is 0.0239. The topological polar surface area (TPSA) is 57.2 Å². The first-order valence-corrected chi connectivity index (χ1v) is 10.1. The van der Waals surface area contributed by atoms with Crippen molar-refractivity contribution in [3.05, 3.63) is 70.3 Å². The summed E-state index contributed by atoms with van der Waals surface area (Å²) in [6.45, 7) is 6.91. The number of piperazine rings is 1. The van der Waals surface area contributed by atoms with Gasteiger partial charge < -0.3 is 14.5 Å². The van der Waals surface area contributed by atoms with Crippen molar-refractivity contribution >= 4 is 27.6 Å². The molecular weight excluding hydrogens is 362 g/mol. The highest BCUT2D eigenvalue weighted by molar-refractivity contribution is 6.05. The molecule has 0 amide bonds. The number of benzene rings is 2. The van der Waals surface area contributed by atoms with E-state index in [9.17, 15) is 4.79 Å². The van der Waals surface area contributed by atoms with Gasteiger partial charge in [-0.15, -0.1) is 0 Å². The second-order valence-electron chi connectivity index (χ2n) is 7.90. The molecule has 2 aromatic carbocycles. The Kier molecular flexibility index (Phi) is 4.36. The van der Waals surface area contributed by atoms with Crippen LogP contribution < -0.4 is 10.5 Å². The highest BCUT2D eigenvalue weighted by Gasteiger charge is 2.20. The van der Waals surface area contributed by atoms with Gasteiger partial charge in [-0.1, -0.05) is 30.3 Å². The first-order valence-electron chi connectivity index (χ1n) is 10.1. The Labute approximate surface area is 169 Å². The van der Waals surface area contributed by atoms with Crippen molar-refractivity contribution in [3.8, 4) is 0 Å². The zero-order valence-electron chi connectivity index (χ0n) is 16.9. The molecular formula is C23H25N5O. The van der Waals surface area contributed by atoms with Crippen LogP contribution in [-0.2, 0) is 13.6 Å². The molecule has 0 unspecified atom stereocenters. The quantitative estimate of drug-likeness (QED) is 0.549. The molecule has 0 aliphatic carbocycles. The number of nitrogens with zero attached hydrogens (tertiary/aromatic N) is 4. The number of aromatic amines is 1. The summed E-state index contributed by atoms with van der Waals surface area (Å²) in [4.78, 5) is 24.8. The molecule has 6 nitrogen and oxygen atoms in total. The number of aromatic nitrogens is 3. The molecule has 148 valence electrons. The van der Waals surface area contributed by atoms with Crippen LogP contribution in [0.5, 0.6) is 0 Å². The number of nitrogens with one attached hydrogen (secondary N) is 1. The summed E-state index contributed by atoms with van der Waals surface area (Å²) in [6.07, 6.45) is 1.93. The molecule has 29 heavy (non-hydrogen) atoms. The van der Waals surface area contributed by atoms with Gasteiger partial charge in [0.1, 0.15) is 0 Å². The summed E-state index contributed by atoms with van der Waals surface area (Å²) >= 11 is 0. The maximum atomic E-state index is 12.4. The fourth-order valence-electron chi connectivity index (χ4n) is 4.27. The van der Waals surface area contributed by atoms with Gasteiger partial charge in [0.05, 0.1) is 6.20 Å². The van der Waals surface area contributed by atoms with Gasteiger partial charge in [-0.05, 0) is 30.0 Å². The van der Waals surface area contributed by atoms with E-state index in [0.717, 1.165) is 60.3 Å². The Morgan fingerprint density at radius 1 is 1.00 bits per heavy atom. The second-order valence-corrected chi connectivity index (χ2v) is 7.90. The average Bonchev–Trinajstić information content (AvgIpc) is 3.07. The summed E-state index contributed by atoms with van der Waals surface area (Å²) in [5.74, 6) is 1.05. The predicted molar refractivity (Wildman–Crippen MR) is 118 cm³/mol. The van der Waals surface area contributed by atoms with Crippen LogP contribution in [0, 0.1) is 6.92 Å². The minimum atomic E-state index is -0.0239. The van der Waals surface area contributed by atoms with Gasteiger partial charge in [-0.2, -0.15) is 0 Å². The fourth-order valence-corrected chi connectivity index (χ4v) is 4.27. The summed E-state index contributed by atoms with van der Waals surface area (Å²) in [6, 6.07) is 14.2. The molecule has 2 aromatic heterocycles. The lowest BCUT2D eigenvalue weighted by molar-refractivity contribution is 0.248. The van der Waals surface area contributed by atoms with Crippen molar-refractivity contribution in [1.29, 1.82) is 0 Å². The van der Waals surface area contributed by atoms with Gasteiger partial charge in [0.25, 0.3) is 5.56 Å². The number of imidazole rings is 1. The van der Waals surface area contributed by atoms with E-state index in [4.69, 9.17) is 0 Å². The minimum Gasteiger partial charge on any atom is -0.340 e. The highest BCUT2D eigenvalue weighted by atomic mass is 16.1. The lowest BCUT2D eigenvalue weighted by Gasteiger charge is -2.35. The molecule has 1 fully saturated rings. The number of pyridine rings is 1. The van der Waals surface area contributed by atoms with E-state index in [2.05, 4.69) is 56.5 Å². The van der Waals surface area contributed by atoms with Crippen molar-refractivity contribution < 1.29 is 0 Å². The van der Waals surface area contributed by atoms with E-state index in [1.54, 1.807) is 0 Å². The zero-order chi connectivity index (χ0) is 20.0. The number of hydrogen-bond acceptors (Lipinski definition) is 4. The standard InChI is InChI=1S/C23H25N5O/c1-16-14-24-23(26(16)2)28-11-9-27(10-12-28)15-17-7-8-19-18-5-3-4-6-20(18)22(29)25-21(19)13-17/h3-8,13-14H,9-12,15H2,1-2H3,(H,25,29). The average molecular weight is 387 g/mol. The molecule has 1 aliphatic heterocycles. The van der Waals surface area contributed by atoms with E-state index in [1.807, 2.05) is 30.5 Å². The first kappa shape index (κ1) is 17.9. The van der Waals surface area contributed by atoms with E-state index < -0.39 is 0 Å². The molecule has 1 saturated heterocycles. The number of rotatable bonds is 3. The van der Waals surface area contributed by atoms with Crippen LogP contribution in [0.1, 0.15) is 11.3 Å². The zero-order valence-corrected chi connectivity index (χ0v) is 16.9. The predicted octanol–water partition coefficient (Wildman–Crippen LogP) is 3.05. The van der Waals surface area contributed by atoms with Gasteiger partial charge in [0.15, 0.2) is 0 Å². The molecule has 0 spiro atoms. The van der Waals surface area contributed by atoms with Crippen LogP contribution in [0.25, 0.3) is 21.7 Å². The third-order valence-electron chi connectivity index (χ3n) is 6.05. The normalized spacial score (nSPS) is 15.4. The SMILES string of the molecule is Cc1cnc(N2CCN(Cc3ccc4c(c3)[nH]c(=O)c3ccccc34)CC2)n1C. The number of fused-ring (bicyclic) bond motifs is 3. The van der Waals surface area contributed by atoms with Crippen LogP contribution in [0.15, 0.2) is 53.5 Å². The lowest BCUT2D eigenvalue weighted by Crippen LogP contribution is -2.46. The van der Waals surface area contributed by atoms with Crippen LogP contribution >= 0.6 is 0 Å². The molecule has 6 heteroatoms. The van der Waals surface area contributed by atoms with E-state index in [1.165, 1.54) is 11.3 Å². The maximum Gasteiger partial charge on any atom is 0.256 e. The Balaban J connectivity index is 1.34. The molecule has 4 aromatic rings. The Bertz CT molecular complexity index is 1250. The molecule has 0 saturated carbocycles. The number of hydrogen-bond donors (Lipinski definition) is 1. The number of H-pyrrole nitrogens is 1. The largest absolute Gasteiger partial charge is 0.340 e.